The van der Waals surface area contributed by atoms with Gasteiger partial charge in [-0.25, -0.2) is 9.78 Å². The van der Waals surface area contributed by atoms with E-state index in [4.69, 9.17) is 15.2 Å². The zero-order valence-electron chi connectivity index (χ0n) is 22.3. The van der Waals surface area contributed by atoms with Gasteiger partial charge in [-0.15, -0.1) is 0 Å². The number of benzene rings is 1. The fourth-order valence-electron chi connectivity index (χ4n) is 3.99. The Morgan fingerprint density at radius 3 is 2.57 bits per heavy atom. The molecule has 0 aliphatic carbocycles. The molecule has 0 aliphatic rings. The first-order valence-electron chi connectivity index (χ1n) is 12.3. The number of aliphatic hydroxyl groups excluding tert-OH is 1. The summed E-state index contributed by atoms with van der Waals surface area (Å²) in [4.78, 5) is 28.4. The number of fused-ring (bicyclic) bond motifs is 1. The van der Waals surface area contributed by atoms with Crippen LogP contribution in [0, 0.1) is 6.92 Å². The van der Waals surface area contributed by atoms with Crippen molar-refractivity contribution in [2.24, 2.45) is 5.73 Å². The lowest BCUT2D eigenvalue weighted by Crippen LogP contribution is -2.33. The molecule has 0 spiro atoms. The van der Waals surface area contributed by atoms with E-state index in [1.165, 1.54) is 7.11 Å². The minimum absolute atomic E-state index is 0.266. The summed E-state index contributed by atoms with van der Waals surface area (Å²) in [6, 6.07) is 4.98. The second-order valence-corrected chi connectivity index (χ2v) is 9.71. The molecular formula is C25H37N7O5. The second kappa shape index (κ2) is 11.5. The Labute approximate surface area is 216 Å². The highest BCUT2D eigenvalue weighted by atomic mass is 16.6. The third-order valence-electron chi connectivity index (χ3n) is 5.57. The van der Waals surface area contributed by atoms with Crippen molar-refractivity contribution in [1.29, 1.82) is 0 Å². The van der Waals surface area contributed by atoms with Crippen LogP contribution < -0.4 is 21.1 Å². The molecule has 37 heavy (non-hydrogen) atoms. The van der Waals surface area contributed by atoms with Gasteiger partial charge in [-0.1, -0.05) is 0 Å². The van der Waals surface area contributed by atoms with E-state index >= 15 is 0 Å². The number of unbranched alkanes of at least 4 members (excludes halogenated alkanes) is 1. The highest BCUT2D eigenvalue weighted by Gasteiger charge is 2.22. The second-order valence-electron chi connectivity index (χ2n) is 9.71. The van der Waals surface area contributed by atoms with Crippen molar-refractivity contribution < 1.29 is 24.2 Å². The number of carbonyl (C=O) groups excluding carboxylic acids is 2. The van der Waals surface area contributed by atoms with Gasteiger partial charge < -0.3 is 35.5 Å². The number of nitrogens with zero attached hydrogens (tertiary/aromatic N) is 4. The van der Waals surface area contributed by atoms with E-state index in [0.29, 0.717) is 60.9 Å². The molecule has 3 rings (SSSR count). The number of ether oxygens (including phenoxy) is 2. The average Bonchev–Trinajstić information content (AvgIpc) is 3.36. The number of aromatic nitrogens is 4. The number of amides is 2. The van der Waals surface area contributed by atoms with Crippen molar-refractivity contribution in [2.75, 3.05) is 19.0 Å². The van der Waals surface area contributed by atoms with Crippen LogP contribution in [0.25, 0.3) is 11.0 Å². The van der Waals surface area contributed by atoms with E-state index in [9.17, 15) is 14.7 Å². The lowest BCUT2D eigenvalue weighted by molar-refractivity contribution is 0.0526. The number of primary amides is 1. The van der Waals surface area contributed by atoms with E-state index in [1.807, 2.05) is 45.3 Å². The van der Waals surface area contributed by atoms with E-state index in [-0.39, 0.29) is 5.56 Å². The summed E-state index contributed by atoms with van der Waals surface area (Å²) in [5.41, 5.74) is 7.75. The summed E-state index contributed by atoms with van der Waals surface area (Å²) in [5.74, 6) is 0.228. The maximum atomic E-state index is 11.9. The molecule has 0 radical (unpaired) electrons. The van der Waals surface area contributed by atoms with Gasteiger partial charge in [0.15, 0.2) is 6.23 Å². The van der Waals surface area contributed by atoms with Crippen molar-refractivity contribution in [3.63, 3.8) is 0 Å². The number of hydrogen-bond donors (Lipinski definition) is 4. The van der Waals surface area contributed by atoms with Crippen LogP contribution in [0.5, 0.6) is 5.75 Å². The number of carbonyl (C=O) groups is 2. The van der Waals surface area contributed by atoms with Crippen LogP contribution in [0.4, 0.5) is 10.7 Å². The predicted octanol–water partition coefficient (Wildman–Crippen LogP) is 3.08. The van der Waals surface area contributed by atoms with Crippen LogP contribution >= 0.6 is 0 Å². The zero-order chi connectivity index (χ0) is 27.3. The topological polar surface area (TPSA) is 159 Å². The number of imidazole rings is 1. The van der Waals surface area contributed by atoms with Gasteiger partial charge in [-0.05, 0) is 65.7 Å². The van der Waals surface area contributed by atoms with Crippen LogP contribution in [-0.2, 0) is 17.8 Å². The Morgan fingerprint density at radius 2 is 1.95 bits per heavy atom. The Kier molecular flexibility index (Phi) is 8.64. The lowest BCUT2D eigenvalue weighted by atomic mass is 10.1. The smallest absolute Gasteiger partial charge is 0.407 e. The highest BCUT2D eigenvalue weighted by molar-refractivity contribution is 5.98. The number of aliphatic hydroxyl groups is 1. The van der Waals surface area contributed by atoms with Crippen molar-refractivity contribution in [3.8, 4) is 5.75 Å². The maximum absolute atomic E-state index is 11.9. The van der Waals surface area contributed by atoms with E-state index in [2.05, 4.69) is 20.7 Å². The Bertz CT molecular complexity index is 1260. The van der Waals surface area contributed by atoms with Crippen molar-refractivity contribution >= 4 is 29.0 Å². The average molecular weight is 516 g/mol. The molecule has 2 heterocycles. The van der Waals surface area contributed by atoms with Crippen molar-refractivity contribution in [1.82, 2.24) is 24.6 Å². The van der Waals surface area contributed by atoms with Gasteiger partial charge in [0.1, 0.15) is 16.9 Å². The van der Waals surface area contributed by atoms with Crippen LogP contribution in [0.15, 0.2) is 18.2 Å². The molecule has 0 fully saturated rings. The number of aryl methyl sites for hydroxylation is 3. The third kappa shape index (κ3) is 6.91. The molecule has 2 amide bonds. The van der Waals surface area contributed by atoms with Crippen LogP contribution in [0.2, 0.25) is 0 Å². The van der Waals surface area contributed by atoms with Gasteiger partial charge in [0.05, 0.1) is 24.0 Å². The number of nitrogens with one attached hydrogen (secondary N) is 2. The van der Waals surface area contributed by atoms with Crippen LogP contribution in [-0.4, -0.2) is 55.7 Å². The van der Waals surface area contributed by atoms with Gasteiger partial charge in [0.25, 0.3) is 0 Å². The van der Waals surface area contributed by atoms with Gasteiger partial charge in [0.2, 0.25) is 11.9 Å². The summed E-state index contributed by atoms with van der Waals surface area (Å²) in [6.45, 7) is 10.8. The number of hydrogen-bond acceptors (Lipinski definition) is 8. The lowest BCUT2D eigenvalue weighted by Gasteiger charge is -2.19. The summed E-state index contributed by atoms with van der Waals surface area (Å²) >= 11 is 0. The molecule has 12 nitrogen and oxygen atoms in total. The van der Waals surface area contributed by atoms with Gasteiger partial charge in [-0.2, -0.15) is 5.10 Å². The Morgan fingerprint density at radius 1 is 1.22 bits per heavy atom. The molecule has 1 aromatic carbocycles. The highest BCUT2D eigenvalue weighted by Crippen LogP contribution is 2.32. The summed E-state index contributed by atoms with van der Waals surface area (Å²) in [7, 11) is 1.51. The molecule has 0 saturated carbocycles. The predicted molar refractivity (Wildman–Crippen MR) is 139 cm³/mol. The monoisotopic (exact) mass is 515 g/mol. The number of alkyl carbamates (subject to hydrolysis) is 1. The van der Waals surface area contributed by atoms with E-state index in [1.54, 1.807) is 16.8 Å². The SMILES string of the molecule is CCn1nc(C)cc1C(O)Nc1nc2cc(C(N)=O)cc(OC)c2n1CCCCNC(=O)OC(C)(C)C. The Hall–Kier alpha value is -3.80. The first kappa shape index (κ1) is 27.8. The first-order valence-corrected chi connectivity index (χ1v) is 12.3. The first-order chi connectivity index (χ1) is 17.4. The molecule has 3 aromatic rings. The molecule has 0 saturated heterocycles. The van der Waals surface area contributed by atoms with Crippen LogP contribution in [0.3, 0.4) is 0 Å². The zero-order valence-corrected chi connectivity index (χ0v) is 22.3. The van der Waals surface area contributed by atoms with E-state index in [0.717, 1.165) is 5.69 Å². The number of anilines is 1. The maximum Gasteiger partial charge on any atom is 0.407 e. The molecule has 202 valence electrons. The summed E-state index contributed by atoms with van der Waals surface area (Å²) < 4.78 is 14.4. The third-order valence-corrected chi connectivity index (χ3v) is 5.57. The number of rotatable bonds is 11. The molecule has 0 aliphatic heterocycles. The van der Waals surface area contributed by atoms with Gasteiger partial charge >= 0.3 is 6.09 Å². The number of nitrogens with two attached hydrogens (primary N) is 1. The van der Waals surface area contributed by atoms with Crippen molar-refractivity contribution in [2.45, 2.75) is 72.4 Å². The largest absolute Gasteiger partial charge is 0.494 e. The van der Waals surface area contributed by atoms with Crippen LogP contribution in [0.1, 0.15) is 68.5 Å². The standard InChI is InChI=1S/C25H37N7O5/c1-7-32-18(12-15(2)30-32)22(34)29-23-28-17-13-16(21(26)33)14-19(36-6)20(17)31(23)11-9-8-10-27-24(35)37-25(3,4)5/h12-14,22,34H,7-11H2,1-6H3,(H2,26,33)(H,27,35)(H,28,29). The molecular weight excluding hydrogens is 478 g/mol. The summed E-state index contributed by atoms with van der Waals surface area (Å²) in [5, 5.41) is 21.2. The molecule has 0 bridgehead atoms. The molecule has 1 unspecified atom stereocenters. The fourth-order valence-corrected chi connectivity index (χ4v) is 3.99. The fraction of sp³-hybridized carbons (Fsp3) is 0.520. The normalized spacial score (nSPS) is 12.4. The van der Waals surface area contributed by atoms with Crippen molar-refractivity contribution in [3.05, 3.63) is 35.2 Å². The van der Waals surface area contributed by atoms with Gasteiger partial charge in [0, 0.05) is 25.2 Å². The molecule has 2 aromatic heterocycles. The summed E-state index contributed by atoms with van der Waals surface area (Å²) in [6.07, 6.45) is -0.190. The van der Waals surface area contributed by atoms with Gasteiger partial charge in [-0.3, -0.25) is 9.48 Å². The Balaban J connectivity index is 1.86. The van der Waals surface area contributed by atoms with E-state index < -0.39 is 23.8 Å². The number of methoxy groups -OCH3 is 1. The molecule has 1 atom stereocenters. The molecule has 5 N–H and O–H groups in total. The minimum Gasteiger partial charge on any atom is -0.494 e. The minimum atomic E-state index is -1.08. The molecule has 12 heteroatoms. The quantitative estimate of drug-likeness (QED) is 0.224.